The van der Waals surface area contributed by atoms with Gasteiger partial charge in [-0.2, -0.15) is 0 Å². The first-order chi connectivity index (χ1) is 15.1. The molecule has 0 fully saturated rings. The average molecular weight is 416 g/mol. The molecule has 2 amide bonds. The number of amides is 2. The normalized spacial score (nSPS) is 10.5. The van der Waals surface area contributed by atoms with Gasteiger partial charge in [0.2, 0.25) is 5.91 Å². The number of rotatable bonds is 8. The summed E-state index contributed by atoms with van der Waals surface area (Å²) in [5, 5.41) is 5.65. The summed E-state index contributed by atoms with van der Waals surface area (Å²) >= 11 is 0. The Labute approximate surface area is 181 Å². The molecule has 3 aromatic rings. The molecule has 0 saturated heterocycles. The second kappa shape index (κ2) is 10.6. The summed E-state index contributed by atoms with van der Waals surface area (Å²) in [4.78, 5) is 24.5. The van der Waals surface area contributed by atoms with Gasteiger partial charge in [-0.05, 0) is 53.6 Å². The number of hydrogen-bond acceptors (Lipinski definition) is 4. The standard InChI is InChI=1S/C25H24N2O4/c1-30-22-14-8-18(16-23(22)31-2)9-15-24(28)27-21-12-10-20(11-13-21)25(29)26-17-19-6-4-3-5-7-19/h3-16H,17H2,1-2H3,(H,26,29)(H,27,28)/b15-9+. The maximum absolute atomic E-state index is 12.3. The van der Waals surface area contributed by atoms with Crippen molar-refractivity contribution in [2.75, 3.05) is 19.5 Å². The number of methoxy groups -OCH3 is 2. The van der Waals surface area contributed by atoms with Crippen LogP contribution in [0.3, 0.4) is 0 Å². The Bertz CT molecular complexity index is 1060. The van der Waals surface area contributed by atoms with Gasteiger partial charge < -0.3 is 20.1 Å². The zero-order valence-electron chi connectivity index (χ0n) is 17.4. The summed E-state index contributed by atoms with van der Waals surface area (Å²) in [5.41, 5.74) is 2.95. The summed E-state index contributed by atoms with van der Waals surface area (Å²) < 4.78 is 10.5. The zero-order valence-corrected chi connectivity index (χ0v) is 17.4. The maximum Gasteiger partial charge on any atom is 0.251 e. The third kappa shape index (κ3) is 6.21. The summed E-state index contributed by atoms with van der Waals surface area (Å²) in [6.45, 7) is 0.457. The maximum atomic E-state index is 12.3. The number of carbonyl (C=O) groups excluding carboxylic acids is 2. The van der Waals surface area contributed by atoms with Crippen molar-refractivity contribution in [1.82, 2.24) is 5.32 Å². The lowest BCUT2D eigenvalue weighted by molar-refractivity contribution is -0.111. The number of ether oxygens (including phenoxy) is 2. The molecule has 0 spiro atoms. The van der Waals surface area contributed by atoms with Gasteiger partial charge in [0.15, 0.2) is 11.5 Å². The molecular formula is C25H24N2O4. The minimum Gasteiger partial charge on any atom is -0.493 e. The Morgan fingerprint density at radius 1 is 0.871 bits per heavy atom. The van der Waals surface area contributed by atoms with E-state index in [0.29, 0.717) is 29.3 Å². The first-order valence-electron chi connectivity index (χ1n) is 9.72. The summed E-state index contributed by atoms with van der Waals surface area (Å²) in [7, 11) is 3.13. The van der Waals surface area contributed by atoms with Crippen LogP contribution in [0.5, 0.6) is 11.5 Å². The Hall–Kier alpha value is -4.06. The average Bonchev–Trinajstić information content (AvgIpc) is 2.82. The molecule has 158 valence electrons. The molecule has 6 heteroatoms. The summed E-state index contributed by atoms with van der Waals surface area (Å²) in [5.74, 6) is 0.759. The van der Waals surface area contributed by atoms with Gasteiger partial charge in [0.25, 0.3) is 5.91 Å². The van der Waals surface area contributed by atoms with Crippen molar-refractivity contribution >= 4 is 23.6 Å². The van der Waals surface area contributed by atoms with Crippen LogP contribution < -0.4 is 20.1 Å². The van der Waals surface area contributed by atoms with Crippen LogP contribution in [0.25, 0.3) is 6.08 Å². The van der Waals surface area contributed by atoms with Crippen molar-refractivity contribution in [1.29, 1.82) is 0 Å². The molecule has 0 atom stereocenters. The second-order valence-electron chi connectivity index (χ2n) is 6.68. The van der Waals surface area contributed by atoms with Gasteiger partial charge in [-0.25, -0.2) is 0 Å². The fourth-order valence-electron chi connectivity index (χ4n) is 2.90. The highest BCUT2D eigenvalue weighted by molar-refractivity contribution is 6.02. The zero-order chi connectivity index (χ0) is 22.1. The minimum atomic E-state index is -0.281. The SMILES string of the molecule is COc1ccc(/C=C/C(=O)Nc2ccc(C(=O)NCc3ccccc3)cc2)cc1OC. The van der Waals surface area contributed by atoms with Crippen LogP contribution in [-0.4, -0.2) is 26.0 Å². The van der Waals surface area contributed by atoms with Crippen molar-refractivity contribution in [3.05, 3.63) is 95.6 Å². The molecule has 3 rings (SSSR count). The van der Waals surface area contributed by atoms with E-state index in [4.69, 9.17) is 9.47 Å². The van der Waals surface area contributed by atoms with Crippen molar-refractivity contribution in [2.45, 2.75) is 6.54 Å². The van der Waals surface area contributed by atoms with Crippen molar-refractivity contribution in [3.8, 4) is 11.5 Å². The van der Waals surface area contributed by atoms with E-state index >= 15 is 0 Å². The van der Waals surface area contributed by atoms with Crippen LogP contribution in [0, 0.1) is 0 Å². The molecule has 0 aromatic heterocycles. The molecule has 0 heterocycles. The Kier molecular flexibility index (Phi) is 7.43. The highest BCUT2D eigenvalue weighted by atomic mass is 16.5. The van der Waals surface area contributed by atoms with Gasteiger partial charge in [-0.1, -0.05) is 36.4 Å². The Morgan fingerprint density at radius 3 is 2.26 bits per heavy atom. The third-order valence-corrected chi connectivity index (χ3v) is 4.55. The summed E-state index contributed by atoms with van der Waals surface area (Å²) in [6.07, 6.45) is 3.12. The smallest absolute Gasteiger partial charge is 0.251 e. The van der Waals surface area contributed by atoms with Crippen molar-refractivity contribution < 1.29 is 19.1 Å². The Balaban J connectivity index is 1.55. The van der Waals surface area contributed by atoms with E-state index in [-0.39, 0.29) is 11.8 Å². The molecule has 31 heavy (non-hydrogen) atoms. The van der Waals surface area contributed by atoms with Gasteiger partial charge in [0, 0.05) is 23.9 Å². The van der Waals surface area contributed by atoms with Crippen molar-refractivity contribution in [3.63, 3.8) is 0 Å². The lowest BCUT2D eigenvalue weighted by atomic mass is 10.1. The van der Waals surface area contributed by atoms with Gasteiger partial charge in [-0.3, -0.25) is 9.59 Å². The van der Waals surface area contributed by atoms with Gasteiger partial charge in [-0.15, -0.1) is 0 Å². The molecule has 6 nitrogen and oxygen atoms in total. The third-order valence-electron chi connectivity index (χ3n) is 4.55. The van der Waals surface area contributed by atoms with Gasteiger partial charge >= 0.3 is 0 Å². The first kappa shape index (κ1) is 21.6. The van der Waals surface area contributed by atoms with Gasteiger partial charge in [0.05, 0.1) is 14.2 Å². The first-order valence-corrected chi connectivity index (χ1v) is 9.72. The van der Waals surface area contributed by atoms with Crippen molar-refractivity contribution in [2.24, 2.45) is 0 Å². The van der Waals surface area contributed by atoms with Crippen LogP contribution in [0.4, 0.5) is 5.69 Å². The number of benzene rings is 3. The molecule has 0 radical (unpaired) electrons. The molecule has 0 aliphatic heterocycles. The largest absolute Gasteiger partial charge is 0.493 e. The van der Waals surface area contributed by atoms with E-state index < -0.39 is 0 Å². The highest BCUT2D eigenvalue weighted by Gasteiger charge is 2.06. The number of anilines is 1. The molecule has 0 aliphatic carbocycles. The van der Waals surface area contributed by atoms with E-state index in [1.54, 1.807) is 56.7 Å². The van der Waals surface area contributed by atoms with Crippen LogP contribution in [-0.2, 0) is 11.3 Å². The van der Waals surface area contributed by atoms with E-state index in [0.717, 1.165) is 11.1 Å². The summed E-state index contributed by atoms with van der Waals surface area (Å²) in [6, 6.07) is 21.8. The number of carbonyl (C=O) groups is 2. The molecule has 2 N–H and O–H groups in total. The second-order valence-corrected chi connectivity index (χ2v) is 6.68. The lowest BCUT2D eigenvalue weighted by Crippen LogP contribution is -2.22. The predicted molar refractivity (Wildman–Crippen MR) is 121 cm³/mol. The molecule has 3 aromatic carbocycles. The molecular weight excluding hydrogens is 392 g/mol. The Morgan fingerprint density at radius 2 is 1.58 bits per heavy atom. The molecule has 0 unspecified atom stereocenters. The van der Waals surface area contributed by atoms with Crippen LogP contribution >= 0.6 is 0 Å². The van der Waals surface area contributed by atoms with E-state index in [1.165, 1.54) is 6.08 Å². The fraction of sp³-hybridized carbons (Fsp3) is 0.120. The fourth-order valence-corrected chi connectivity index (χ4v) is 2.90. The van der Waals surface area contributed by atoms with E-state index in [9.17, 15) is 9.59 Å². The highest BCUT2D eigenvalue weighted by Crippen LogP contribution is 2.28. The minimum absolute atomic E-state index is 0.171. The lowest BCUT2D eigenvalue weighted by Gasteiger charge is -2.08. The van der Waals surface area contributed by atoms with Crippen LogP contribution in [0.2, 0.25) is 0 Å². The monoisotopic (exact) mass is 416 g/mol. The predicted octanol–water partition coefficient (Wildman–Crippen LogP) is 4.29. The molecule has 0 saturated carbocycles. The topological polar surface area (TPSA) is 76.7 Å². The van der Waals surface area contributed by atoms with E-state index in [2.05, 4.69) is 10.6 Å². The van der Waals surface area contributed by atoms with Crippen LogP contribution in [0.1, 0.15) is 21.5 Å². The number of nitrogens with one attached hydrogen (secondary N) is 2. The van der Waals surface area contributed by atoms with Crippen LogP contribution in [0.15, 0.2) is 78.9 Å². The molecule has 0 aliphatic rings. The van der Waals surface area contributed by atoms with Gasteiger partial charge in [0.1, 0.15) is 0 Å². The quantitative estimate of drug-likeness (QED) is 0.537. The van der Waals surface area contributed by atoms with E-state index in [1.807, 2.05) is 36.4 Å². The number of hydrogen-bond donors (Lipinski definition) is 2. The molecule has 0 bridgehead atoms.